The number of likely N-dealkylation sites (N-methyl/N-ethyl adjacent to an activating group) is 1. The molecule has 0 aromatic heterocycles. The molecule has 0 spiro atoms. The van der Waals surface area contributed by atoms with Gasteiger partial charge in [-0.2, -0.15) is 0 Å². The van der Waals surface area contributed by atoms with Crippen LogP contribution in [0.15, 0.2) is 36.5 Å². The van der Waals surface area contributed by atoms with Gasteiger partial charge in [-0.25, -0.2) is 4.57 Å². The highest BCUT2D eigenvalue weighted by atomic mass is 31.2. The van der Waals surface area contributed by atoms with E-state index in [9.17, 15) is 19.4 Å². The summed E-state index contributed by atoms with van der Waals surface area (Å²) >= 11 is 0. The summed E-state index contributed by atoms with van der Waals surface area (Å²) in [4.78, 5) is 22.9. The molecular formula is C37H72N2O6P+. The largest absolute Gasteiger partial charge is 0.472 e. The fourth-order valence-electron chi connectivity index (χ4n) is 4.83. The highest BCUT2D eigenvalue weighted by molar-refractivity contribution is 7.47. The number of aliphatic hydroxyl groups is 1. The number of unbranched alkanes of at least 4 members (excludes halogenated alkanes) is 13. The Bertz CT molecular complexity index is 855. The first-order chi connectivity index (χ1) is 22.0. The molecule has 0 aliphatic carbocycles. The number of carbonyl (C=O) groups excluding carboxylic acids is 1. The van der Waals surface area contributed by atoms with E-state index in [2.05, 4.69) is 55.6 Å². The van der Waals surface area contributed by atoms with Gasteiger partial charge in [0.05, 0.1) is 39.9 Å². The zero-order chi connectivity index (χ0) is 34.4. The molecule has 0 aliphatic heterocycles. The van der Waals surface area contributed by atoms with Crippen LogP contribution in [-0.2, 0) is 18.4 Å². The Labute approximate surface area is 283 Å². The van der Waals surface area contributed by atoms with Gasteiger partial charge in [0.25, 0.3) is 0 Å². The molecule has 0 aromatic rings. The number of nitrogens with one attached hydrogen (secondary N) is 1. The smallest absolute Gasteiger partial charge is 0.391 e. The summed E-state index contributed by atoms with van der Waals surface area (Å²) in [5.74, 6) is -0.174. The number of allylic oxidation sites excluding steroid dienone is 6. The molecule has 1 amide bonds. The van der Waals surface area contributed by atoms with Gasteiger partial charge in [-0.1, -0.05) is 102 Å². The summed E-state index contributed by atoms with van der Waals surface area (Å²) in [5.41, 5.74) is 0. The van der Waals surface area contributed by atoms with Gasteiger partial charge in [-0.05, 0) is 70.6 Å². The van der Waals surface area contributed by atoms with Crippen molar-refractivity contribution >= 4 is 13.7 Å². The molecule has 3 atom stereocenters. The fourth-order valence-corrected chi connectivity index (χ4v) is 5.57. The van der Waals surface area contributed by atoms with Gasteiger partial charge >= 0.3 is 7.82 Å². The molecule has 46 heavy (non-hydrogen) atoms. The number of rotatable bonds is 32. The lowest BCUT2D eigenvalue weighted by molar-refractivity contribution is -0.870. The van der Waals surface area contributed by atoms with E-state index in [1.54, 1.807) is 0 Å². The molecule has 0 aromatic carbocycles. The van der Waals surface area contributed by atoms with Gasteiger partial charge in [-0.3, -0.25) is 13.8 Å². The SMILES string of the molecule is CCCCC/C=C/C/C=C/CCCCCCCC(=O)N[C@@H](COP(=O)(O)OCC[N+](C)(C)C)[C@H](O)CCCC/C=C/CCCCC. The van der Waals surface area contributed by atoms with Crippen LogP contribution in [-0.4, -0.2) is 73.4 Å². The summed E-state index contributed by atoms with van der Waals surface area (Å²) in [5, 5.41) is 13.8. The summed E-state index contributed by atoms with van der Waals surface area (Å²) in [7, 11) is 1.58. The van der Waals surface area contributed by atoms with Crippen LogP contribution in [0.25, 0.3) is 0 Å². The molecule has 0 rings (SSSR count). The number of carbonyl (C=O) groups is 1. The van der Waals surface area contributed by atoms with E-state index in [0.717, 1.165) is 70.6 Å². The zero-order valence-corrected chi connectivity index (χ0v) is 31.2. The van der Waals surface area contributed by atoms with E-state index in [4.69, 9.17) is 9.05 Å². The van der Waals surface area contributed by atoms with Crippen molar-refractivity contribution in [2.75, 3.05) is 40.9 Å². The Hall–Kier alpha value is -1.28. The highest BCUT2D eigenvalue weighted by Crippen LogP contribution is 2.43. The average molecular weight is 672 g/mol. The van der Waals surface area contributed by atoms with Gasteiger partial charge in [0.15, 0.2) is 0 Å². The van der Waals surface area contributed by atoms with Crippen molar-refractivity contribution in [3.8, 4) is 0 Å². The molecule has 0 bridgehead atoms. The van der Waals surface area contributed by atoms with Gasteiger partial charge in [0.1, 0.15) is 13.2 Å². The molecule has 1 unspecified atom stereocenters. The van der Waals surface area contributed by atoms with E-state index in [-0.39, 0.29) is 19.1 Å². The normalized spacial score (nSPS) is 15.2. The quantitative estimate of drug-likeness (QED) is 0.0285. The second-order valence-corrected chi connectivity index (χ2v) is 15.0. The van der Waals surface area contributed by atoms with Crippen molar-refractivity contribution in [2.45, 2.75) is 154 Å². The minimum Gasteiger partial charge on any atom is -0.391 e. The predicted molar refractivity (Wildman–Crippen MR) is 194 cm³/mol. The van der Waals surface area contributed by atoms with Crippen LogP contribution in [0.4, 0.5) is 0 Å². The molecule has 0 saturated heterocycles. The number of phosphoric acid groups is 1. The summed E-state index contributed by atoms with van der Waals surface area (Å²) in [6, 6.07) is -0.780. The first kappa shape index (κ1) is 44.7. The number of quaternary nitrogens is 1. The number of amides is 1. The fraction of sp³-hybridized carbons (Fsp3) is 0.811. The van der Waals surface area contributed by atoms with E-state index >= 15 is 0 Å². The molecule has 3 N–H and O–H groups in total. The summed E-state index contributed by atoms with van der Waals surface area (Å²) < 4.78 is 23.4. The van der Waals surface area contributed by atoms with Crippen LogP contribution in [0.1, 0.15) is 142 Å². The Morgan fingerprint density at radius 2 is 1.24 bits per heavy atom. The molecule has 0 heterocycles. The number of nitrogens with zero attached hydrogens (tertiary/aromatic N) is 1. The van der Waals surface area contributed by atoms with Crippen LogP contribution in [0.2, 0.25) is 0 Å². The predicted octanol–water partition coefficient (Wildman–Crippen LogP) is 9.18. The van der Waals surface area contributed by atoms with E-state index < -0.39 is 20.0 Å². The zero-order valence-electron chi connectivity index (χ0n) is 30.3. The number of phosphoric ester groups is 1. The van der Waals surface area contributed by atoms with Gasteiger partial charge in [0, 0.05) is 6.42 Å². The first-order valence-corrected chi connectivity index (χ1v) is 19.8. The van der Waals surface area contributed by atoms with Crippen LogP contribution in [0.3, 0.4) is 0 Å². The monoisotopic (exact) mass is 672 g/mol. The van der Waals surface area contributed by atoms with Crippen molar-refractivity contribution < 1.29 is 32.9 Å². The lowest BCUT2D eigenvalue weighted by atomic mass is 10.0. The van der Waals surface area contributed by atoms with Crippen molar-refractivity contribution in [2.24, 2.45) is 0 Å². The molecule has 0 fully saturated rings. The van der Waals surface area contributed by atoms with Crippen LogP contribution in [0, 0.1) is 0 Å². The Morgan fingerprint density at radius 3 is 1.80 bits per heavy atom. The second kappa shape index (κ2) is 29.8. The van der Waals surface area contributed by atoms with Crippen LogP contribution < -0.4 is 5.32 Å². The lowest BCUT2D eigenvalue weighted by Crippen LogP contribution is -2.46. The van der Waals surface area contributed by atoms with Crippen LogP contribution in [0.5, 0.6) is 0 Å². The van der Waals surface area contributed by atoms with Gasteiger partial charge < -0.3 is 19.8 Å². The number of hydrogen-bond donors (Lipinski definition) is 3. The van der Waals surface area contributed by atoms with Crippen molar-refractivity contribution in [1.29, 1.82) is 0 Å². The summed E-state index contributed by atoms with van der Waals surface area (Å²) in [6.07, 6.45) is 33.2. The van der Waals surface area contributed by atoms with Gasteiger partial charge in [0.2, 0.25) is 5.91 Å². The molecule has 270 valence electrons. The van der Waals surface area contributed by atoms with Gasteiger partial charge in [-0.15, -0.1) is 0 Å². The molecule has 0 saturated carbocycles. The lowest BCUT2D eigenvalue weighted by Gasteiger charge is -2.26. The first-order valence-electron chi connectivity index (χ1n) is 18.4. The Kier molecular flexibility index (Phi) is 29.0. The van der Waals surface area contributed by atoms with Crippen molar-refractivity contribution in [1.82, 2.24) is 5.32 Å². The standard InChI is InChI=1S/C37H71N2O6P/c1-6-8-10-12-14-16-17-18-19-20-21-23-25-27-29-31-37(41)38-35(34-45-46(42,43)44-33-32-39(3,4)5)36(40)30-28-26-24-22-15-13-11-9-7-2/h14-16,18-19,22,35-36,40H,6-13,17,20-21,23-34H2,1-5H3,(H-,38,41,42,43)/p+1/b16-14+,19-18+,22-15+/t35-,36+/m0/s1. The minimum absolute atomic E-state index is 0.0651. The molecule has 9 heteroatoms. The van der Waals surface area contributed by atoms with E-state index in [0.29, 0.717) is 23.9 Å². The maximum atomic E-state index is 12.8. The van der Waals surface area contributed by atoms with E-state index in [1.165, 1.54) is 44.9 Å². The topological polar surface area (TPSA) is 105 Å². The second-order valence-electron chi connectivity index (χ2n) is 13.6. The molecule has 8 nitrogen and oxygen atoms in total. The third-order valence-electron chi connectivity index (χ3n) is 7.86. The highest BCUT2D eigenvalue weighted by Gasteiger charge is 2.28. The third kappa shape index (κ3) is 31.3. The molecule has 0 radical (unpaired) electrons. The Balaban J connectivity index is 4.52. The van der Waals surface area contributed by atoms with Crippen LogP contribution >= 0.6 is 7.82 Å². The summed E-state index contributed by atoms with van der Waals surface area (Å²) in [6.45, 7) is 4.75. The number of hydrogen-bond acceptors (Lipinski definition) is 5. The molecule has 0 aliphatic rings. The van der Waals surface area contributed by atoms with Crippen molar-refractivity contribution in [3.63, 3.8) is 0 Å². The number of aliphatic hydroxyl groups excluding tert-OH is 1. The third-order valence-corrected chi connectivity index (χ3v) is 8.85. The van der Waals surface area contributed by atoms with Crippen molar-refractivity contribution in [3.05, 3.63) is 36.5 Å². The average Bonchev–Trinajstić information content (AvgIpc) is 2.99. The molecular weight excluding hydrogens is 599 g/mol. The minimum atomic E-state index is -4.31. The van der Waals surface area contributed by atoms with E-state index in [1.807, 2.05) is 21.1 Å². The Morgan fingerprint density at radius 1 is 0.739 bits per heavy atom. The maximum absolute atomic E-state index is 12.8. The maximum Gasteiger partial charge on any atom is 0.472 e.